The second-order valence-corrected chi connectivity index (χ2v) is 5.99. The van der Waals surface area contributed by atoms with Crippen LogP contribution in [0.4, 0.5) is 5.69 Å². The third-order valence-corrected chi connectivity index (χ3v) is 4.67. The van der Waals surface area contributed by atoms with Gasteiger partial charge in [0.05, 0.1) is 17.2 Å². The molecule has 1 aliphatic rings. The van der Waals surface area contributed by atoms with Crippen molar-refractivity contribution in [3.63, 3.8) is 0 Å². The number of aryl methyl sites for hydroxylation is 1. The van der Waals surface area contributed by atoms with Gasteiger partial charge in [-0.2, -0.15) is 0 Å². The lowest BCUT2D eigenvalue weighted by molar-refractivity contribution is 0.0984. The van der Waals surface area contributed by atoms with E-state index in [-0.39, 0.29) is 5.78 Å². The molecule has 0 amide bonds. The summed E-state index contributed by atoms with van der Waals surface area (Å²) in [5.74, 6) is 0.260. The van der Waals surface area contributed by atoms with Crippen molar-refractivity contribution in [1.82, 2.24) is 4.98 Å². The summed E-state index contributed by atoms with van der Waals surface area (Å²) < 4.78 is 0. The van der Waals surface area contributed by atoms with E-state index in [1.807, 2.05) is 24.3 Å². The Morgan fingerprint density at radius 2 is 2.20 bits per heavy atom. The predicted molar refractivity (Wildman–Crippen MR) is 82.5 cm³/mol. The minimum Gasteiger partial charge on any atom is -0.365 e. The van der Waals surface area contributed by atoms with Crippen molar-refractivity contribution in [3.05, 3.63) is 45.9 Å². The van der Waals surface area contributed by atoms with Crippen LogP contribution in [0.3, 0.4) is 0 Å². The molecule has 3 rings (SSSR count). The molecule has 0 aliphatic carbocycles. The second kappa shape index (κ2) is 5.75. The first-order chi connectivity index (χ1) is 9.78. The van der Waals surface area contributed by atoms with Gasteiger partial charge in [-0.3, -0.25) is 4.79 Å². The van der Waals surface area contributed by atoms with Gasteiger partial charge < -0.3 is 4.90 Å². The molecule has 20 heavy (non-hydrogen) atoms. The maximum Gasteiger partial charge on any atom is 0.165 e. The van der Waals surface area contributed by atoms with E-state index >= 15 is 0 Å². The summed E-state index contributed by atoms with van der Waals surface area (Å²) in [5.41, 5.74) is 3.02. The number of para-hydroxylation sites is 1. The molecule has 0 N–H and O–H groups in total. The van der Waals surface area contributed by atoms with E-state index in [0.29, 0.717) is 6.42 Å². The van der Waals surface area contributed by atoms with Gasteiger partial charge >= 0.3 is 0 Å². The van der Waals surface area contributed by atoms with E-state index in [1.54, 1.807) is 11.3 Å². The average molecular weight is 286 g/mol. The van der Waals surface area contributed by atoms with Gasteiger partial charge in [0.1, 0.15) is 0 Å². The Labute approximate surface area is 123 Å². The normalized spacial score (nSPS) is 15.1. The van der Waals surface area contributed by atoms with Crippen LogP contribution in [0.2, 0.25) is 0 Å². The molecule has 1 aliphatic heterocycles. The first-order valence-electron chi connectivity index (χ1n) is 7.08. The fourth-order valence-electron chi connectivity index (χ4n) is 2.61. The molecular weight excluding hydrogens is 268 g/mol. The molecule has 0 bridgehead atoms. The summed E-state index contributed by atoms with van der Waals surface area (Å²) >= 11 is 1.72. The van der Waals surface area contributed by atoms with Crippen LogP contribution in [0.25, 0.3) is 0 Å². The van der Waals surface area contributed by atoms with Crippen LogP contribution < -0.4 is 4.90 Å². The summed E-state index contributed by atoms with van der Waals surface area (Å²) in [4.78, 5) is 19.0. The zero-order chi connectivity index (χ0) is 13.9. The summed E-state index contributed by atoms with van der Waals surface area (Å²) in [5, 5.41) is 3.31. The first-order valence-corrected chi connectivity index (χ1v) is 7.96. The molecule has 2 aromatic rings. The van der Waals surface area contributed by atoms with E-state index in [2.05, 4.69) is 22.2 Å². The van der Waals surface area contributed by atoms with Gasteiger partial charge in [0, 0.05) is 29.6 Å². The molecule has 0 atom stereocenters. The molecular formula is C16H18N2OS. The predicted octanol–water partition coefficient (Wildman–Crippen LogP) is 3.69. The fraction of sp³-hybridized carbons (Fsp3) is 0.375. The number of anilines is 1. The highest BCUT2D eigenvalue weighted by atomic mass is 32.1. The van der Waals surface area contributed by atoms with Crippen molar-refractivity contribution >= 4 is 22.8 Å². The molecule has 0 saturated heterocycles. The van der Waals surface area contributed by atoms with E-state index in [4.69, 9.17) is 0 Å². The average Bonchev–Trinajstić information content (AvgIpc) is 2.87. The number of hydrogen-bond acceptors (Lipinski definition) is 4. The standard InChI is InChI=1S/C16H18N2OS/c1-2-16-17-12(11-20-16)10-18-9-5-8-15(19)13-6-3-4-7-14(13)18/h3-4,6-7,11H,2,5,8-10H2,1H3. The molecule has 2 heterocycles. The molecule has 104 valence electrons. The number of fused-ring (bicyclic) bond motifs is 1. The molecule has 4 heteroatoms. The van der Waals surface area contributed by atoms with E-state index < -0.39 is 0 Å². The van der Waals surface area contributed by atoms with Crippen molar-refractivity contribution in [2.45, 2.75) is 32.7 Å². The zero-order valence-electron chi connectivity index (χ0n) is 11.6. The number of aromatic nitrogens is 1. The number of hydrogen-bond donors (Lipinski definition) is 0. The minimum atomic E-state index is 0.260. The number of carbonyl (C=O) groups excluding carboxylic acids is 1. The molecule has 0 spiro atoms. The lowest BCUT2D eigenvalue weighted by Gasteiger charge is -2.23. The van der Waals surface area contributed by atoms with Gasteiger partial charge in [0.25, 0.3) is 0 Å². The number of thiazole rings is 1. The van der Waals surface area contributed by atoms with Crippen LogP contribution in [-0.2, 0) is 13.0 Å². The smallest absolute Gasteiger partial charge is 0.165 e. The Hall–Kier alpha value is -1.68. The Morgan fingerprint density at radius 1 is 1.35 bits per heavy atom. The molecule has 0 fully saturated rings. The third-order valence-electron chi connectivity index (χ3n) is 3.63. The first kappa shape index (κ1) is 13.3. The van der Waals surface area contributed by atoms with E-state index in [9.17, 15) is 4.79 Å². The molecule has 3 nitrogen and oxygen atoms in total. The van der Waals surface area contributed by atoms with Crippen molar-refractivity contribution in [1.29, 1.82) is 0 Å². The Kier molecular flexibility index (Phi) is 3.83. The van der Waals surface area contributed by atoms with Gasteiger partial charge in [0.15, 0.2) is 5.78 Å². The van der Waals surface area contributed by atoms with Crippen molar-refractivity contribution < 1.29 is 4.79 Å². The van der Waals surface area contributed by atoms with Gasteiger partial charge in [-0.15, -0.1) is 11.3 Å². The van der Waals surface area contributed by atoms with Gasteiger partial charge in [-0.05, 0) is 25.0 Å². The zero-order valence-corrected chi connectivity index (χ0v) is 12.4. The van der Waals surface area contributed by atoms with Crippen LogP contribution in [0.1, 0.15) is 40.8 Å². The summed E-state index contributed by atoms with van der Waals surface area (Å²) in [6.07, 6.45) is 2.54. The van der Waals surface area contributed by atoms with Gasteiger partial charge in [0.2, 0.25) is 0 Å². The largest absolute Gasteiger partial charge is 0.365 e. The topological polar surface area (TPSA) is 33.2 Å². The molecule has 1 aromatic carbocycles. The maximum atomic E-state index is 12.1. The SMILES string of the molecule is CCc1nc(CN2CCCC(=O)c3ccccc32)cs1. The van der Waals surface area contributed by atoms with Crippen LogP contribution in [0.15, 0.2) is 29.6 Å². The second-order valence-electron chi connectivity index (χ2n) is 5.05. The van der Waals surface area contributed by atoms with E-state index in [1.165, 1.54) is 5.01 Å². The number of nitrogens with zero attached hydrogens (tertiary/aromatic N) is 2. The Balaban J connectivity index is 1.89. The Morgan fingerprint density at radius 3 is 3.00 bits per heavy atom. The quantitative estimate of drug-likeness (QED) is 0.863. The number of Topliss-reactive ketones (excluding diaryl/α,β-unsaturated/α-hetero) is 1. The van der Waals surface area contributed by atoms with Crippen LogP contribution in [0, 0.1) is 0 Å². The van der Waals surface area contributed by atoms with Gasteiger partial charge in [-0.25, -0.2) is 4.98 Å². The Bertz CT molecular complexity index is 620. The van der Waals surface area contributed by atoms with E-state index in [0.717, 1.165) is 42.9 Å². The highest BCUT2D eigenvalue weighted by Crippen LogP contribution is 2.27. The summed E-state index contributed by atoms with van der Waals surface area (Å²) in [7, 11) is 0. The molecule has 0 unspecified atom stereocenters. The fourth-order valence-corrected chi connectivity index (χ4v) is 3.35. The lowest BCUT2D eigenvalue weighted by atomic mass is 10.1. The summed E-state index contributed by atoms with van der Waals surface area (Å²) in [6, 6.07) is 7.93. The minimum absolute atomic E-state index is 0.260. The highest BCUT2D eigenvalue weighted by Gasteiger charge is 2.20. The number of benzene rings is 1. The third kappa shape index (κ3) is 2.61. The summed E-state index contributed by atoms with van der Waals surface area (Å²) in [6.45, 7) is 3.84. The molecule has 0 saturated carbocycles. The molecule has 0 radical (unpaired) electrons. The number of ketones is 1. The number of carbonyl (C=O) groups is 1. The van der Waals surface area contributed by atoms with Gasteiger partial charge in [-0.1, -0.05) is 19.1 Å². The van der Waals surface area contributed by atoms with Crippen molar-refractivity contribution in [3.8, 4) is 0 Å². The van der Waals surface area contributed by atoms with Crippen LogP contribution in [-0.4, -0.2) is 17.3 Å². The molecule has 1 aromatic heterocycles. The number of rotatable bonds is 3. The monoisotopic (exact) mass is 286 g/mol. The highest BCUT2D eigenvalue weighted by molar-refractivity contribution is 7.09. The lowest BCUT2D eigenvalue weighted by Crippen LogP contribution is -2.23. The van der Waals surface area contributed by atoms with Crippen molar-refractivity contribution in [2.24, 2.45) is 0 Å². The maximum absolute atomic E-state index is 12.1. The van der Waals surface area contributed by atoms with Crippen LogP contribution >= 0.6 is 11.3 Å². The van der Waals surface area contributed by atoms with Crippen LogP contribution in [0.5, 0.6) is 0 Å². The van der Waals surface area contributed by atoms with Crippen molar-refractivity contribution in [2.75, 3.05) is 11.4 Å².